The molecule has 0 aliphatic heterocycles. The summed E-state index contributed by atoms with van der Waals surface area (Å²) in [5, 5.41) is 10.2. The monoisotopic (exact) mass is 424 g/mol. The summed E-state index contributed by atoms with van der Waals surface area (Å²) in [5.41, 5.74) is 0. The first-order valence-electron chi connectivity index (χ1n) is 6.28. The molecule has 2 aromatic rings. The molecule has 0 bridgehead atoms. The minimum absolute atomic E-state index is 0.162. The van der Waals surface area contributed by atoms with Crippen molar-refractivity contribution in [3.63, 3.8) is 0 Å². The summed E-state index contributed by atoms with van der Waals surface area (Å²) in [6, 6.07) is 4.16. The summed E-state index contributed by atoms with van der Waals surface area (Å²) in [7, 11) is -2.39. The van der Waals surface area contributed by atoms with Gasteiger partial charge in [0.1, 0.15) is 15.8 Å². The van der Waals surface area contributed by atoms with E-state index in [0.29, 0.717) is 9.63 Å². The molecule has 5 nitrogen and oxygen atoms in total. The standard InChI is InChI=1S/C13H14BrClN2O3S2/c1-7(2)11-12(15)17(3)13(21-11)16-22(19,20)10-6-8(14)4-5-9(10)18/h4-7,18H,1-3H3. The van der Waals surface area contributed by atoms with E-state index >= 15 is 0 Å². The zero-order chi connectivity index (χ0) is 16.7. The molecule has 0 atom stereocenters. The highest BCUT2D eigenvalue weighted by Gasteiger charge is 2.20. The molecular formula is C13H14BrClN2O3S2. The van der Waals surface area contributed by atoms with Crippen molar-refractivity contribution in [2.75, 3.05) is 0 Å². The van der Waals surface area contributed by atoms with E-state index in [4.69, 9.17) is 11.6 Å². The average molecular weight is 426 g/mol. The number of sulfonamides is 1. The molecule has 0 radical (unpaired) electrons. The first-order valence-corrected chi connectivity index (χ1v) is 9.71. The fraction of sp³-hybridized carbons (Fsp3) is 0.308. The van der Waals surface area contributed by atoms with Crippen LogP contribution in [0.5, 0.6) is 5.75 Å². The summed E-state index contributed by atoms with van der Waals surface area (Å²) >= 11 is 10.6. The van der Waals surface area contributed by atoms with Gasteiger partial charge in [0.15, 0.2) is 0 Å². The van der Waals surface area contributed by atoms with Crippen molar-refractivity contribution >= 4 is 48.9 Å². The van der Waals surface area contributed by atoms with Crippen LogP contribution in [0.1, 0.15) is 24.6 Å². The van der Waals surface area contributed by atoms with Crippen LogP contribution in [0.2, 0.25) is 5.15 Å². The molecule has 0 spiro atoms. The van der Waals surface area contributed by atoms with E-state index in [1.807, 2.05) is 13.8 Å². The third-order valence-corrected chi connectivity index (χ3v) is 6.81. The van der Waals surface area contributed by atoms with Gasteiger partial charge in [-0.25, -0.2) is 0 Å². The zero-order valence-corrected chi connectivity index (χ0v) is 16.0. The Hall–Kier alpha value is -0.830. The number of phenolic OH excluding ortho intramolecular Hbond substituents is 1. The van der Waals surface area contributed by atoms with Gasteiger partial charge in [-0.05, 0) is 24.1 Å². The van der Waals surface area contributed by atoms with Crippen molar-refractivity contribution < 1.29 is 13.5 Å². The Balaban J connectivity index is 2.66. The van der Waals surface area contributed by atoms with Gasteiger partial charge in [0.25, 0.3) is 10.0 Å². The molecule has 0 amide bonds. The molecule has 22 heavy (non-hydrogen) atoms. The van der Waals surface area contributed by atoms with Gasteiger partial charge < -0.3 is 9.67 Å². The van der Waals surface area contributed by atoms with E-state index in [2.05, 4.69) is 20.3 Å². The number of phenols is 1. The SMILES string of the molecule is CC(C)c1sc(=NS(=O)(=O)c2cc(Br)ccc2O)n(C)c1Cl. The lowest BCUT2D eigenvalue weighted by atomic mass is 10.2. The number of halogens is 2. The highest BCUT2D eigenvalue weighted by molar-refractivity contribution is 9.10. The van der Waals surface area contributed by atoms with Gasteiger partial charge in [0, 0.05) is 16.4 Å². The Bertz CT molecular complexity index is 885. The van der Waals surface area contributed by atoms with Crippen LogP contribution in [-0.4, -0.2) is 18.1 Å². The Morgan fingerprint density at radius 2 is 2.05 bits per heavy atom. The third-order valence-electron chi connectivity index (χ3n) is 2.91. The number of nitrogens with zero attached hydrogens (tertiary/aromatic N) is 2. The Kier molecular flexibility index (Phi) is 5.06. The molecule has 1 heterocycles. The minimum atomic E-state index is -4.04. The molecule has 1 N–H and O–H groups in total. The van der Waals surface area contributed by atoms with E-state index in [1.165, 1.54) is 28.0 Å². The average Bonchev–Trinajstić information content (AvgIpc) is 2.69. The third kappa shape index (κ3) is 3.40. The van der Waals surface area contributed by atoms with Gasteiger partial charge in [-0.15, -0.1) is 4.40 Å². The van der Waals surface area contributed by atoms with Crippen LogP contribution in [0.15, 0.2) is 32.0 Å². The van der Waals surface area contributed by atoms with Crippen LogP contribution in [0.3, 0.4) is 0 Å². The predicted molar refractivity (Wildman–Crippen MR) is 90.9 cm³/mol. The summed E-state index contributed by atoms with van der Waals surface area (Å²) in [6.07, 6.45) is 0. The predicted octanol–water partition coefficient (Wildman–Crippen LogP) is 3.62. The normalized spacial score (nSPS) is 13.1. The summed E-state index contributed by atoms with van der Waals surface area (Å²) in [5.74, 6) is -0.184. The smallest absolute Gasteiger partial charge is 0.288 e. The van der Waals surface area contributed by atoms with E-state index in [-0.39, 0.29) is 21.4 Å². The Morgan fingerprint density at radius 1 is 1.41 bits per heavy atom. The van der Waals surface area contributed by atoms with E-state index < -0.39 is 10.0 Å². The summed E-state index contributed by atoms with van der Waals surface area (Å²) < 4.78 is 30.7. The number of hydrogen-bond acceptors (Lipinski definition) is 4. The summed E-state index contributed by atoms with van der Waals surface area (Å²) in [6.45, 7) is 3.94. The molecule has 0 fully saturated rings. The molecule has 0 saturated heterocycles. The number of aromatic hydroxyl groups is 1. The molecule has 0 unspecified atom stereocenters. The van der Waals surface area contributed by atoms with Crippen LogP contribution in [-0.2, 0) is 17.1 Å². The highest BCUT2D eigenvalue weighted by Crippen LogP contribution is 2.29. The second-order valence-corrected chi connectivity index (χ2v) is 8.79. The van der Waals surface area contributed by atoms with Crippen LogP contribution >= 0.6 is 38.9 Å². The minimum Gasteiger partial charge on any atom is -0.507 e. The number of rotatable bonds is 3. The van der Waals surface area contributed by atoms with Crippen LogP contribution < -0.4 is 4.80 Å². The van der Waals surface area contributed by atoms with Crippen LogP contribution in [0, 0.1) is 0 Å². The van der Waals surface area contributed by atoms with Gasteiger partial charge >= 0.3 is 0 Å². The molecule has 0 aliphatic carbocycles. The number of hydrogen-bond donors (Lipinski definition) is 1. The zero-order valence-electron chi connectivity index (χ0n) is 12.0. The quantitative estimate of drug-likeness (QED) is 0.816. The fourth-order valence-corrected chi connectivity index (χ4v) is 5.08. The fourth-order valence-electron chi connectivity index (χ4n) is 1.74. The topological polar surface area (TPSA) is 71.7 Å². The van der Waals surface area contributed by atoms with E-state index in [9.17, 15) is 13.5 Å². The number of benzene rings is 1. The lowest BCUT2D eigenvalue weighted by molar-refractivity contribution is 0.458. The number of thiazole rings is 1. The van der Waals surface area contributed by atoms with Crippen molar-refractivity contribution in [3.8, 4) is 5.75 Å². The molecule has 1 aromatic heterocycles. The first-order chi connectivity index (χ1) is 10.1. The van der Waals surface area contributed by atoms with E-state index in [1.54, 1.807) is 13.1 Å². The van der Waals surface area contributed by atoms with Crippen molar-refractivity contribution in [1.29, 1.82) is 0 Å². The Morgan fingerprint density at radius 3 is 2.59 bits per heavy atom. The maximum absolute atomic E-state index is 12.4. The largest absolute Gasteiger partial charge is 0.507 e. The van der Waals surface area contributed by atoms with Gasteiger partial charge in [-0.3, -0.25) is 0 Å². The molecule has 0 aliphatic rings. The molecule has 0 saturated carbocycles. The second kappa shape index (κ2) is 6.35. The van der Waals surface area contributed by atoms with E-state index in [0.717, 1.165) is 4.88 Å². The lowest BCUT2D eigenvalue weighted by Crippen LogP contribution is -2.14. The number of aromatic nitrogens is 1. The van der Waals surface area contributed by atoms with Gasteiger partial charge in [0.05, 0.1) is 0 Å². The van der Waals surface area contributed by atoms with Crippen molar-refractivity contribution in [2.24, 2.45) is 11.4 Å². The maximum Gasteiger partial charge on any atom is 0.288 e. The maximum atomic E-state index is 12.4. The first kappa shape index (κ1) is 17.5. The van der Waals surface area contributed by atoms with Crippen molar-refractivity contribution in [1.82, 2.24) is 4.57 Å². The molecule has 120 valence electrons. The van der Waals surface area contributed by atoms with Gasteiger partial charge in [0.2, 0.25) is 4.80 Å². The summed E-state index contributed by atoms with van der Waals surface area (Å²) in [4.78, 5) is 0.863. The molecule has 1 aromatic carbocycles. The van der Waals surface area contributed by atoms with Crippen molar-refractivity contribution in [2.45, 2.75) is 24.7 Å². The Labute approximate surface area is 146 Å². The van der Waals surface area contributed by atoms with Crippen LogP contribution in [0.4, 0.5) is 0 Å². The van der Waals surface area contributed by atoms with Crippen LogP contribution in [0.25, 0.3) is 0 Å². The molecule has 9 heteroatoms. The van der Waals surface area contributed by atoms with Gasteiger partial charge in [-0.1, -0.05) is 52.7 Å². The molecular weight excluding hydrogens is 412 g/mol. The van der Waals surface area contributed by atoms with Crippen molar-refractivity contribution in [3.05, 3.63) is 37.5 Å². The second-order valence-electron chi connectivity index (χ2n) is 4.93. The lowest BCUT2D eigenvalue weighted by Gasteiger charge is -2.02. The molecule has 2 rings (SSSR count). The highest BCUT2D eigenvalue weighted by atomic mass is 79.9. The van der Waals surface area contributed by atoms with Gasteiger partial charge in [-0.2, -0.15) is 8.42 Å².